The molecule has 0 aliphatic heterocycles. The highest BCUT2D eigenvalue weighted by Gasteiger charge is 2.05. The number of rotatable bonds is 4. The van der Waals surface area contributed by atoms with E-state index in [1.54, 1.807) is 18.2 Å². The van der Waals surface area contributed by atoms with Crippen LogP contribution in [0.1, 0.15) is 10.5 Å². The molecule has 0 fully saturated rings. The van der Waals surface area contributed by atoms with Gasteiger partial charge in [-0.2, -0.15) is 0 Å². The van der Waals surface area contributed by atoms with Crippen LogP contribution in [0.15, 0.2) is 24.4 Å². The molecular formula is C9H10N2O4. The van der Waals surface area contributed by atoms with Gasteiger partial charge >= 0.3 is 6.16 Å². The van der Waals surface area contributed by atoms with Crippen molar-refractivity contribution in [1.29, 1.82) is 0 Å². The number of nitrogens with zero attached hydrogens (tertiary/aromatic N) is 1. The number of hydrogen-bond donors (Lipinski definition) is 2. The lowest BCUT2D eigenvalue weighted by Crippen LogP contribution is -2.28. The molecule has 0 aromatic carbocycles. The number of carbonyl (C=O) groups excluding carboxylic acids is 1. The van der Waals surface area contributed by atoms with Crippen molar-refractivity contribution in [1.82, 2.24) is 10.3 Å². The quantitative estimate of drug-likeness (QED) is 0.558. The fourth-order valence-electron chi connectivity index (χ4n) is 0.891. The van der Waals surface area contributed by atoms with Crippen molar-refractivity contribution in [2.75, 3.05) is 13.2 Å². The van der Waals surface area contributed by atoms with E-state index in [4.69, 9.17) is 5.11 Å². The Balaban J connectivity index is 2.28. The zero-order chi connectivity index (χ0) is 11.1. The summed E-state index contributed by atoms with van der Waals surface area (Å²) >= 11 is 0. The second-order valence-electron chi connectivity index (χ2n) is 2.59. The van der Waals surface area contributed by atoms with Crippen LogP contribution in [0.2, 0.25) is 0 Å². The number of pyridine rings is 1. The molecule has 6 nitrogen and oxygen atoms in total. The minimum absolute atomic E-state index is 0.0755. The van der Waals surface area contributed by atoms with Crippen LogP contribution in [0.25, 0.3) is 0 Å². The molecule has 0 spiro atoms. The molecule has 1 amide bonds. The molecular weight excluding hydrogens is 200 g/mol. The topological polar surface area (TPSA) is 88.5 Å². The minimum atomic E-state index is -1.36. The Morgan fingerprint density at radius 1 is 1.47 bits per heavy atom. The van der Waals surface area contributed by atoms with Crippen molar-refractivity contribution in [3.05, 3.63) is 30.1 Å². The summed E-state index contributed by atoms with van der Waals surface area (Å²) in [5, 5.41) is 10.6. The molecule has 15 heavy (non-hydrogen) atoms. The molecule has 6 heteroatoms. The minimum Gasteiger partial charge on any atom is -0.450 e. The van der Waals surface area contributed by atoms with Gasteiger partial charge in [0.25, 0.3) is 5.91 Å². The number of carbonyl (C=O) groups is 2. The first-order valence-electron chi connectivity index (χ1n) is 4.25. The van der Waals surface area contributed by atoms with E-state index in [9.17, 15) is 9.59 Å². The SMILES string of the molecule is O=C(O)OCCNC(=O)c1ccccn1. The third-order valence-electron chi connectivity index (χ3n) is 1.51. The summed E-state index contributed by atoms with van der Waals surface area (Å²) in [6, 6.07) is 4.95. The summed E-state index contributed by atoms with van der Waals surface area (Å²) in [6.07, 6.45) is 0.143. The lowest BCUT2D eigenvalue weighted by molar-refractivity contribution is 0.0843. The van der Waals surface area contributed by atoms with E-state index in [-0.39, 0.29) is 24.8 Å². The molecule has 1 aromatic heterocycles. The van der Waals surface area contributed by atoms with Gasteiger partial charge in [0, 0.05) is 6.20 Å². The van der Waals surface area contributed by atoms with Gasteiger partial charge in [0.1, 0.15) is 12.3 Å². The van der Waals surface area contributed by atoms with Gasteiger partial charge in [0.2, 0.25) is 0 Å². The van der Waals surface area contributed by atoms with Gasteiger partial charge in [-0.15, -0.1) is 0 Å². The first-order valence-corrected chi connectivity index (χ1v) is 4.25. The summed E-state index contributed by atoms with van der Waals surface area (Å²) in [5.74, 6) is -0.357. The Labute approximate surface area is 85.9 Å². The normalized spacial score (nSPS) is 9.33. The molecule has 0 aliphatic carbocycles. The Kier molecular flexibility index (Phi) is 4.08. The van der Waals surface area contributed by atoms with Crippen molar-refractivity contribution in [3.63, 3.8) is 0 Å². The van der Waals surface area contributed by atoms with Gasteiger partial charge in [-0.05, 0) is 12.1 Å². The van der Waals surface area contributed by atoms with E-state index in [1.807, 2.05) is 0 Å². The highest BCUT2D eigenvalue weighted by Crippen LogP contribution is 1.91. The van der Waals surface area contributed by atoms with E-state index in [0.29, 0.717) is 0 Å². The first kappa shape index (κ1) is 11.0. The number of amides is 1. The highest BCUT2D eigenvalue weighted by molar-refractivity contribution is 5.92. The lowest BCUT2D eigenvalue weighted by Gasteiger charge is -2.03. The fourth-order valence-corrected chi connectivity index (χ4v) is 0.891. The van der Waals surface area contributed by atoms with E-state index >= 15 is 0 Å². The highest BCUT2D eigenvalue weighted by atomic mass is 16.7. The van der Waals surface area contributed by atoms with Crippen LogP contribution in [0.3, 0.4) is 0 Å². The van der Waals surface area contributed by atoms with Crippen molar-refractivity contribution < 1.29 is 19.4 Å². The largest absolute Gasteiger partial charge is 0.505 e. The van der Waals surface area contributed by atoms with Crippen LogP contribution in [0.4, 0.5) is 4.79 Å². The average Bonchev–Trinajstić information content (AvgIpc) is 2.25. The van der Waals surface area contributed by atoms with E-state index < -0.39 is 6.16 Å². The van der Waals surface area contributed by atoms with E-state index in [1.165, 1.54) is 6.20 Å². The molecule has 0 saturated carbocycles. The van der Waals surface area contributed by atoms with Crippen LogP contribution >= 0.6 is 0 Å². The third kappa shape index (κ3) is 4.08. The van der Waals surface area contributed by atoms with Crippen LogP contribution in [0, 0.1) is 0 Å². The number of ether oxygens (including phenoxy) is 1. The van der Waals surface area contributed by atoms with Crippen LogP contribution in [-0.2, 0) is 4.74 Å². The first-order chi connectivity index (χ1) is 7.20. The Morgan fingerprint density at radius 3 is 2.87 bits per heavy atom. The molecule has 0 aliphatic rings. The molecule has 80 valence electrons. The smallest absolute Gasteiger partial charge is 0.450 e. The number of aromatic nitrogens is 1. The van der Waals surface area contributed by atoms with Crippen molar-refractivity contribution >= 4 is 12.1 Å². The third-order valence-corrected chi connectivity index (χ3v) is 1.51. The molecule has 2 N–H and O–H groups in total. The number of carboxylic acid groups (broad SMARTS) is 1. The maximum Gasteiger partial charge on any atom is 0.505 e. The Bertz CT molecular complexity index is 339. The molecule has 1 rings (SSSR count). The number of nitrogens with one attached hydrogen (secondary N) is 1. The van der Waals surface area contributed by atoms with Gasteiger partial charge in [-0.25, -0.2) is 4.79 Å². The molecule has 1 heterocycles. The molecule has 0 saturated heterocycles. The van der Waals surface area contributed by atoms with Crippen LogP contribution in [0.5, 0.6) is 0 Å². The summed E-state index contributed by atoms with van der Waals surface area (Å²) in [5.41, 5.74) is 0.285. The molecule has 0 unspecified atom stereocenters. The predicted octanol–water partition coefficient (Wildman–Crippen LogP) is 0.506. The fraction of sp³-hybridized carbons (Fsp3) is 0.222. The van der Waals surface area contributed by atoms with Crippen LogP contribution < -0.4 is 5.32 Å². The maximum atomic E-state index is 11.3. The van der Waals surface area contributed by atoms with Gasteiger partial charge in [-0.3, -0.25) is 9.78 Å². The Hall–Kier alpha value is -2.11. The summed E-state index contributed by atoms with van der Waals surface area (Å²) in [7, 11) is 0. The van der Waals surface area contributed by atoms with Gasteiger partial charge in [0.15, 0.2) is 0 Å². The average molecular weight is 210 g/mol. The van der Waals surface area contributed by atoms with Crippen molar-refractivity contribution in [2.45, 2.75) is 0 Å². The maximum absolute atomic E-state index is 11.3. The van der Waals surface area contributed by atoms with Crippen molar-refractivity contribution in [3.8, 4) is 0 Å². The monoisotopic (exact) mass is 210 g/mol. The van der Waals surface area contributed by atoms with E-state index in [2.05, 4.69) is 15.0 Å². The van der Waals surface area contributed by atoms with Gasteiger partial charge < -0.3 is 15.2 Å². The van der Waals surface area contributed by atoms with Crippen molar-refractivity contribution in [2.24, 2.45) is 0 Å². The Morgan fingerprint density at radius 2 is 2.27 bits per heavy atom. The zero-order valence-electron chi connectivity index (χ0n) is 7.84. The van der Waals surface area contributed by atoms with Gasteiger partial charge in [-0.1, -0.05) is 6.07 Å². The summed E-state index contributed by atoms with van der Waals surface area (Å²) in [6.45, 7) is 0.0512. The second-order valence-corrected chi connectivity index (χ2v) is 2.59. The second kappa shape index (κ2) is 5.58. The predicted molar refractivity (Wildman–Crippen MR) is 50.5 cm³/mol. The lowest BCUT2D eigenvalue weighted by atomic mass is 10.3. The van der Waals surface area contributed by atoms with Gasteiger partial charge in [0.05, 0.1) is 6.54 Å². The summed E-state index contributed by atoms with van der Waals surface area (Å²) < 4.78 is 4.21. The summed E-state index contributed by atoms with van der Waals surface area (Å²) in [4.78, 5) is 25.1. The molecule has 0 bridgehead atoms. The standard InChI is InChI=1S/C9H10N2O4/c12-8(7-3-1-2-4-10-7)11-5-6-15-9(13)14/h1-4H,5-6H2,(H,11,12)(H,13,14). The zero-order valence-corrected chi connectivity index (χ0v) is 7.84. The van der Waals surface area contributed by atoms with E-state index in [0.717, 1.165) is 0 Å². The number of hydrogen-bond acceptors (Lipinski definition) is 4. The molecule has 1 aromatic rings. The van der Waals surface area contributed by atoms with Crippen LogP contribution in [-0.4, -0.2) is 35.3 Å². The molecule has 0 atom stereocenters. The molecule has 0 radical (unpaired) electrons.